The van der Waals surface area contributed by atoms with E-state index in [9.17, 15) is 4.79 Å². The molecule has 1 unspecified atom stereocenters. The Hall–Kier alpha value is -0.910. The van der Waals surface area contributed by atoms with E-state index in [-0.39, 0.29) is 6.54 Å². The minimum absolute atomic E-state index is 0.118. The molecule has 5 heteroatoms. The normalized spacial score (nSPS) is 18.4. The summed E-state index contributed by atoms with van der Waals surface area (Å²) < 4.78 is 0.984. The van der Waals surface area contributed by atoms with Crippen LogP contribution in [0.2, 0.25) is 0 Å². The van der Waals surface area contributed by atoms with Crippen LogP contribution in [0, 0.1) is 0 Å². The highest BCUT2D eigenvalue weighted by atomic mass is 79.9. The van der Waals surface area contributed by atoms with Crippen LogP contribution in [-0.4, -0.2) is 42.7 Å². The molecule has 1 aromatic carbocycles. The van der Waals surface area contributed by atoms with Crippen molar-refractivity contribution in [2.24, 2.45) is 5.73 Å². The zero-order valence-corrected chi connectivity index (χ0v) is 11.9. The molecule has 4 nitrogen and oxygen atoms in total. The summed E-state index contributed by atoms with van der Waals surface area (Å²) in [6.45, 7) is 2.22. The Morgan fingerprint density at radius 2 is 2.28 bits per heavy atom. The largest absolute Gasteiger partial charge is 0.481 e. The third-order valence-electron chi connectivity index (χ3n) is 3.46. The van der Waals surface area contributed by atoms with E-state index in [4.69, 9.17) is 10.8 Å². The minimum Gasteiger partial charge on any atom is -0.481 e. The number of carboxylic acids is 1. The van der Waals surface area contributed by atoms with E-state index in [0.717, 1.165) is 23.1 Å². The first kappa shape index (κ1) is 13.5. The Labute approximate surface area is 115 Å². The van der Waals surface area contributed by atoms with E-state index in [2.05, 4.69) is 27.9 Å². The number of benzene rings is 1. The molecule has 0 spiro atoms. The molecule has 0 aliphatic carbocycles. The summed E-state index contributed by atoms with van der Waals surface area (Å²) in [6.07, 6.45) is 0. The summed E-state index contributed by atoms with van der Waals surface area (Å²) in [7, 11) is 2.09. The predicted molar refractivity (Wildman–Crippen MR) is 73.8 cm³/mol. The monoisotopic (exact) mass is 312 g/mol. The van der Waals surface area contributed by atoms with Crippen molar-refractivity contribution in [3.8, 4) is 0 Å². The summed E-state index contributed by atoms with van der Waals surface area (Å²) in [5.41, 5.74) is 7.51. The number of halogens is 1. The summed E-state index contributed by atoms with van der Waals surface area (Å²) in [5.74, 6) is -0.959. The molecule has 3 N–H and O–H groups in total. The lowest BCUT2D eigenvalue weighted by Crippen LogP contribution is -2.41. The zero-order valence-electron chi connectivity index (χ0n) is 10.3. The number of nitrogens with two attached hydrogens (primary N) is 1. The molecule has 1 heterocycles. The van der Waals surface area contributed by atoms with Crippen molar-refractivity contribution in [1.29, 1.82) is 0 Å². The smallest absolute Gasteiger partial charge is 0.312 e. The fourth-order valence-corrected chi connectivity index (χ4v) is 3.09. The van der Waals surface area contributed by atoms with Gasteiger partial charge in [-0.05, 0) is 24.2 Å². The maximum absolute atomic E-state index is 11.1. The number of carboxylic acid groups (broad SMARTS) is 1. The number of hydrogen-bond donors (Lipinski definition) is 2. The van der Waals surface area contributed by atoms with Crippen LogP contribution in [0.15, 0.2) is 22.7 Å². The number of nitrogens with zero attached hydrogens (tertiary/aromatic N) is 1. The molecular weight excluding hydrogens is 296 g/mol. The topological polar surface area (TPSA) is 66.6 Å². The molecular formula is C13H17BrN2O2. The first-order valence-electron chi connectivity index (χ1n) is 5.93. The molecule has 1 aliphatic heterocycles. The molecule has 98 valence electrons. The van der Waals surface area contributed by atoms with Crippen molar-refractivity contribution in [3.63, 3.8) is 0 Å². The lowest BCUT2D eigenvalue weighted by molar-refractivity contribution is -0.138. The van der Waals surface area contributed by atoms with Gasteiger partial charge in [0.05, 0.1) is 5.92 Å². The number of likely N-dealkylation sites (tertiary alicyclic amines) is 1. The highest BCUT2D eigenvalue weighted by Gasteiger charge is 2.27. The fraction of sp³-hybridized carbons (Fsp3) is 0.462. The molecule has 1 fully saturated rings. The van der Waals surface area contributed by atoms with Crippen molar-refractivity contribution in [2.75, 3.05) is 26.7 Å². The third-order valence-corrected chi connectivity index (χ3v) is 4.15. The molecule has 1 atom stereocenters. The van der Waals surface area contributed by atoms with Gasteiger partial charge >= 0.3 is 5.97 Å². The van der Waals surface area contributed by atoms with Crippen molar-refractivity contribution in [3.05, 3.63) is 33.8 Å². The minimum atomic E-state index is -0.875. The number of aliphatic carboxylic acids is 1. The number of carbonyl (C=O) groups is 1. The standard InChI is InChI=1S/C13H17BrN2O2/c1-16-6-9(7-16)10-3-2-8(4-12(10)14)11(5-15)13(17)18/h2-4,9,11H,5-7,15H2,1H3,(H,17,18). The van der Waals surface area contributed by atoms with Gasteiger partial charge in [-0.25, -0.2) is 0 Å². The summed E-state index contributed by atoms with van der Waals surface area (Å²) in [5, 5.41) is 9.09. The maximum Gasteiger partial charge on any atom is 0.312 e. The number of likely N-dealkylation sites (N-methyl/N-ethyl adjacent to an activating group) is 1. The quantitative estimate of drug-likeness (QED) is 0.886. The van der Waals surface area contributed by atoms with Crippen LogP contribution in [0.25, 0.3) is 0 Å². The van der Waals surface area contributed by atoms with E-state index in [1.54, 1.807) is 0 Å². The van der Waals surface area contributed by atoms with Crippen LogP contribution >= 0.6 is 15.9 Å². The Kier molecular flexibility index (Phi) is 4.04. The van der Waals surface area contributed by atoms with E-state index in [0.29, 0.717) is 5.92 Å². The van der Waals surface area contributed by atoms with Crippen LogP contribution in [-0.2, 0) is 4.79 Å². The van der Waals surface area contributed by atoms with Gasteiger partial charge in [0.15, 0.2) is 0 Å². The molecule has 0 aromatic heterocycles. The molecule has 2 rings (SSSR count). The summed E-state index contributed by atoms with van der Waals surface area (Å²) in [4.78, 5) is 13.3. The molecule has 1 aromatic rings. The van der Waals surface area contributed by atoms with Crippen LogP contribution < -0.4 is 5.73 Å². The lowest BCUT2D eigenvalue weighted by Gasteiger charge is -2.37. The molecule has 0 amide bonds. The van der Waals surface area contributed by atoms with Gasteiger partial charge in [0, 0.05) is 30.0 Å². The Morgan fingerprint density at radius 3 is 2.72 bits per heavy atom. The Morgan fingerprint density at radius 1 is 1.61 bits per heavy atom. The van der Waals surface area contributed by atoms with Gasteiger partial charge in [-0.2, -0.15) is 0 Å². The van der Waals surface area contributed by atoms with E-state index in [1.165, 1.54) is 5.56 Å². The average molecular weight is 313 g/mol. The Bertz CT molecular complexity index is 458. The second kappa shape index (κ2) is 5.38. The Balaban J connectivity index is 2.21. The second-order valence-electron chi connectivity index (χ2n) is 4.83. The predicted octanol–water partition coefficient (Wildman–Crippen LogP) is 1.60. The van der Waals surface area contributed by atoms with Gasteiger partial charge in [0.2, 0.25) is 0 Å². The highest BCUT2D eigenvalue weighted by Crippen LogP contribution is 2.33. The maximum atomic E-state index is 11.1. The van der Waals surface area contributed by atoms with E-state index in [1.807, 2.05) is 18.2 Å². The van der Waals surface area contributed by atoms with Crippen molar-refractivity contribution < 1.29 is 9.90 Å². The average Bonchev–Trinajstić information content (AvgIpc) is 2.26. The third kappa shape index (κ3) is 2.58. The second-order valence-corrected chi connectivity index (χ2v) is 5.68. The van der Waals surface area contributed by atoms with Crippen LogP contribution in [0.4, 0.5) is 0 Å². The van der Waals surface area contributed by atoms with Gasteiger partial charge in [0.1, 0.15) is 0 Å². The highest BCUT2D eigenvalue weighted by molar-refractivity contribution is 9.10. The SMILES string of the molecule is CN1CC(c2ccc(C(CN)C(=O)O)cc2Br)C1. The van der Waals surface area contributed by atoms with Gasteiger partial charge in [-0.3, -0.25) is 4.79 Å². The van der Waals surface area contributed by atoms with Gasteiger partial charge in [0.25, 0.3) is 0 Å². The van der Waals surface area contributed by atoms with Crippen LogP contribution in [0.3, 0.4) is 0 Å². The van der Waals surface area contributed by atoms with Crippen molar-refractivity contribution in [2.45, 2.75) is 11.8 Å². The van der Waals surface area contributed by atoms with Gasteiger partial charge in [-0.1, -0.05) is 28.1 Å². The number of rotatable bonds is 4. The number of hydrogen-bond acceptors (Lipinski definition) is 3. The van der Waals surface area contributed by atoms with E-state index < -0.39 is 11.9 Å². The van der Waals surface area contributed by atoms with E-state index >= 15 is 0 Å². The lowest BCUT2D eigenvalue weighted by atomic mass is 9.89. The first-order chi connectivity index (χ1) is 8.52. The molecule has 1 saturated heterocycles. The van der Waals surface area contributed by atoms with Gasteiger partial charge < -0.3 is 15.7 Å². The van der Waals surface area contributed by atoms with Crippen molar-refractivity contribution in [1.82, 2.24) is 4.90 Å². The molecule has 0 bridgehead atoms. The van der Waals surface area contributed by atoms with Crippen molar-refractivity contribution >= 4 is 21.9 Å². The summed E-state index contributed by atoms with van der Waals surface area (Å²) >= 11 is 3.54. The zero-order chi connectivity index (χ0) is 13.3. The molecule has 0 saturated carbocycles. The fourth-order valence-electron chi connectivity index (χ4n) is 2.37. The van der Waals surface area contributed by atoms with Crippen LogP contribution in [0.1, 0.15) is 23.0 Å². The molecule has 18 heavy (non-hydrogen) atoms. The molecule has 1 aliphatic rings. The first-order valence-corrected chi connectivity index (χ1v) is 6.73. The van der Waals surface area contributed by atoms with Crippen LogP contribution in [0.5, 0.6) is 0 Å². The summed E-state index contributed by atoms with van der Waals surface area (Å²) in [6, 6.07) is 5.78. The molecule has 0 radical (unpaired) electrons. The van der Waals surface area contributed by atoms with Gasteiger partial charge in [-0.15, -0.1) is 0 Å².